The maximum Gasteiger partial charge on any atom is 1.00 e. The van der Waals surface area contributed by atoms with Crippen LogP contribution in [0.25, 0.3) is 0 Å². The molecule has 0 fully saturated rings. The Morgan fingerprint density at radius 2 is 2.29 bits per heavy atom. The van der Waals surface area contributed by atoms with Gasteiger partial charge in [0.25, 0.3) is 0 Å². The molecule has 0 aliphatic heterocycles. The monoisotopic (exact) mass is 104 g/mol. The van der Waals surface area contributed by atoms with Crippen LogP contribution in [-0.2, 0) is 0 Å². The molecule has 1 nitrogen and oxygen atoms in total. The van der Waals surface area contributed by atoms with E-state index in [1.807, 2.05) is 6.08 Å². The Hall–Kier alpha value is 0.280. The minimum atomic E-state index is 0. The first-order valence-corrected chi connectivity index (χ1v) is 1.92. The van der Waals surface area contributed by atoms with Crippen LogP contribution in [0.15, 0.2) is 24.0 Å². The smallest absolute Gasteiger partial charge is 0.875 e. The van der Waals surface area contributed by atoms with Crippen molar-refractivity contribution in [2.24, 2.45) is 0 Å². The molecule has 0 aromatic heterocycles. The molecule has 0 bridgehead atoms. The van der Waals surface area contributed by atoms with Gasteiger partial charge in [0, 0.05) is 0 Å². The molecule has 0 aromatic carbocycles. The molecule has 0 saturated heterocycles. The van der Waals surface area contributed by atoms with Crippen molar-refractivity contribution in [1.29, 1.82) is 0 Å². The maximum absolute atomic E-state index is 10.1. The van der Waals surface area contributed by atoms with Gasteiger partial charge in [0.2, 0.25) is 0 Å². The Morgan fingerprint density at radius 3 is 2.43 bits per heavy atom. The fourth-order valence-corrected chi connectivity index (χ4v) is 0.428. The predicted molar refractivity (Wildman–Crippen MR) is 21.8 cm³/mol. The number of rotatable bonds is 0. The van der Waals surface area contributed by atoms with Crippen molar-refractivity contribution >= 4 is 0 Å². The van der Waals surface area contributed by atoms with Crippen LogP contribution in [0.1, 0.15) is 6.42 Å². The fourth-order valence-electron chi connectivity index (χ4n) is 0.428. The summed E-state index contributed by atoms with van der Waals surface area (Å²) in [6.45, 7) is 0. The molecule has 0 spiro atoms. The molecule has 2 heteroatoms. The SMILES string of the molecule is [Na+].[O-]C1=CC=CC1. The van der Waals surface area contributed by atoms with Crippen molar-refractivity contribution in [2.45, 2.75) is 6.42 Å². The van der Waals surface area contributed by atoms with Gasteiger partial charge in [-0.25, -0.2) is 0 Å². The van der Waals surface area contributed by atoms with E-state index in [4.69, 9.17) is 0 Å². The van der Waals surface area contributed by atoms with Gasteiger partial charge in [0.05, 0.1) is 0 Å². The van der Waals surface area contributed by atoms with Crippen LogP contribution in [0.5, 0.6) is 0 Å². The quantitative estimate of drug-likeness (QED) is 0.304. The molecule has 32 valence electrons. The molecule has 0 unspecified atom stereocenters. The Balaban J connectivity index is 0.000000360. The minimum absolute atomic E-state index is 0. The van der Waals surface area contributed by atoms with Gasteiger partial charge in [-0.3, -0.25) is 0 Å². The van der Waals surface area contributed by atoms with E-state index in [-0.39, 0.29) is 35.3 Å². The third kappa shape index (κ3) is 2.17. The molecule has 0 radical (unpaired) electrons. The second-order valence-electron chi connectivity index (χ2n) is 1.27. The van der Waals surface area contributed by atoms with Gasteiger partial charge in [0.15, 0.2) is 0 Å². The summed E-state index contributed by atoms with van der Waals surface area (Å²) in [5, 5.41) is 10.1. The molecular weight excluding hydrogens is 99.0 g/mol. The first-order valence-electron chi connectivity index (χ1n) is 1.92. The maximum atomic E-state index is 10.1. The van der Waals surface area contributed by atoms with Crippen LogP contribution in [0.4, 0.5) is 0 Å². The van der Waals surface area contributed by atoms with Crippen LogP contribution in [-0.4, -0.2) is 0 Å². The van der Waals surface area contributed by atoms with Crippen molar-refractivity contribution in [3.63, 3.8) is 0 Å². The summed E-state index contributed by atoms with van der Waals surface area (Å²) in [4.78, 5) is 0. The van der Waals surface area contributed by atoms with Gasteiger partial charge < -0.3 is 5.11 Å². The molecule has 1 rings (SSSR count). The number of hydrogen-bond donors (Lipinski definition) is 0. The van der Waals surface area contributed by atoms with Crippen molar-refractivity contribution in [1.82, 2.24) is 0 Å². The average molecular weight is 104 g/mol. The summed E-state index contributed by atoms with van der Waals surface area (Å²) >= 11 is 0. The normalized spacial score (nSPS) is 15.7. The molecular formula is C5H5NaO. The molecule has 0 N–H and O–H groups in total. The zero-order valence-corrected chi connectivity index (χ0v) is 6.35. The van der Waals surface area contributed by atoms with Crippen LogP contribution in [0.2, 0.25) is 0 Å². The third-order valence-electron chi connectivity index (χ3n) is 0.737. The zero-order valence-electron chi connectivity index (χ0n) is 4.35. The van der Waals surface area contributed by atoms with Crippen molar-refractivity contribution in [2.75, 3.05) is 0 Å². The molecule has 1 aliphatic rings. The largest absolute Gasteiger partial charge is 1.00 e. The third-order valence-corrected chi connectivity index (χ3v) is 0.737. The van der Waals surface area contributed by atoms with Gasteiger partial charge in [0.1, 0.15) is 0 Å². The van der Waals surface area contributed by atoms with Gasteiger partial charge in [-0.15, -0.1) is 5.76 Å². The average Bonchev–Trinajstić information content (AvgIpc) is 1.86. The Kier molecular flexibility index (Phi) is 3.44. The first-order chi connectivity index (χ1) is 2.89. The molecule has 0 saturated carbocycles. The first kappa shape index (κ1) is 7.28. The summed E-state index contributed by atoms with van der Waals surface area (Å²) in [6.07, 6.45) is 5.82. The van der Waals surface area contributed by atoms with Crippen molar-refractivity contribution in [3.8, 4) is 0 Å². The molecule has 0 heterocycles. The van der Waals surface area contributed by atoms with Gasteiger partial charge >= 0.3 is 29.6 Å². The van der Waals surface area contributed by atoms with Crippen LogP contribution in [0.3, 0.4) is 0 Å². The molecule has 0 aromatic rings. The van der Waals surface area contributed by atoms with Crippen molar-refractivity contribution in [3.05, 3.63) is 24.0 Å². The fraction of sp³-hybridized carbons (Fsp3) is 0.200. The standard InChI is InChI=1S/C5H6O.Na/c6-5-3-1-2-4-5;/h1-3,6H,4H2;/q;+1/p-1. The van der Waals surface area contributed by atoms with E-state index in [0.717, 1.165) is 0 Å². The van der Waals surface area contributed by atoms with Gasteiger partial charge in [-0.05, 0) is 6.42 Å². The Morgan fingerprint density at radius 1 is 1.57 bits per heavy atom. The second-order valence-corrected chi connectivity index (χ2v) is 1.27. The Bertz CT molecular complexity index is 105. The zero-order chi connectivity index (χ0) is 4.41. The summed E-state index contributed by atoms with van der Waals surface area (Å²) in [7, 11) is 0. The van der Waals surface area contributed by atoms with E-state index >= 15 is 0 Å². The van der Waals surface area contributed by atoms with Gasteiger partial charge in [-0.2, -0.15) is 0 Å². The molecule has 7 heavy (non-hydrogen) atoms. The van der Waals surface area contributed by atoms with Gasteiger partial charge in [-0.1, -0.05) is 18.2 Å². The van der Waals surface area contributed by atoms with Crippen molar-refractivity contribution < 1.29 is 34.7 Å². The van der Waals surface area contributed by atoms with E-state index in [0.29, 0.717) is 6.42 Å². The second kappa shape index (κ2) is 3.30. The number of allylic oxidation sites excluding steroid dienone is 3. The predicted octanol–water partition coefficient (Wildman–Crippen LogP) is -2.81. The van der Waals surface area contributed by atoms with E-state index in [1.54, 1.807) is 12.2 Å². The minimum Gasteiger partial charge on any atom is -0.875 e. The summed E-state index contributed by atoms with van der Waals surface area (Å²) in [6, 6.07) is 0. The van der Waals surface area contributed by atoms with E-state index in [1.165, 1.54) is 0 Å². The van der Waals surface area contributed by atoms with Crippen LogP contribution in [0, 0.1) is 0 Å². The van der Waals surface area contributed by atoms with Crippen LogP contribution < -0.4 is 34.7 Å². The Labute approximate surface area is 65.0 Å². The van der Waals surface area contributed by atoms with Crippen LogP contribution >= 0.6 is 0 Å². The van der Waals surface area contributed by atoms with E-state index in [9.17, 15) is 5.11 Å². The molecule has 1 aliphatic carbocycles. The molecule has 0 amide bonds. The summed E-state index contributed by atoms with van der Waals surface area (Å²) in [5.74, 6) is 0.218. The molecule has 0 atom stereocenters. The summed E-state index contributed by atoms with van der Waals surface area (Å²) < 4.78 is 0. The van der Waals surface area contributed by atoms with E-state index < -0.39 is 0 Å². The number of hydrogen-bond acceptors (Lipinski definition) is 1. The topological polar surface area (TPSA) is 23.1 Å². The van der Waals surface area contributed by atoms with E-state index in [2.05, 4.69) is 0 Å². The summed E-state index contributed by atoms with van der Waals surface area (Å²) in [5.41, 5.74) is 0.